The topological polar surface area (TPSA) is 46.2 Å². The normalized spacial score (nSPS) is 25.5. The first kappa shape index (κ1) is 8.24. The third-order valence-electron chi connectivity index (χ3n) is 2.01. The number of rotatable bonds is 0. The molecule has 0 spiro atoms. The summed E-state index contributed by atoms with van der Waals surface area (Å²) in [6, 6.07) is 0. The molecule has 0 aromatic rings. The SMILES string of the molecule is CC(C)(C)[C@H]1CC(=O)NC1=O. The molecule has 1 atom stereocenters. The minimum absolute atomic E-state index is 0.101. The predicted octanol–water partition coefficient (Wildman–Crippen LogP) is 0.695. The first-order chi connectivity index (χ1) is 4.91. The van der Waals surface area contributed by atoms with E-state index < -0.39 is 0 Å². The van der Waals surface area contributed by atoms with Crippen molar-refractivity contribution in [3.8, 4) is 0 Å². The summed E-state index contributed by atoms with van der Waals surface area (Å²) in [5.41, 5.74) is -0.101. The molecule has 0 radical (unpaired) electrons. The van der Waals surface area contributed by atoms with Crippen LogP contribution in [0.3, 0.4) is 0 Å². The smallest absolute Gasteiger partial charge is 0.230 e. The summed E-state index contributed by atoms with van der Waals surface area (Å²) < 4.78 is 0. The van der Waals surface area contributed by atoms with E-state index in [-0.39, 0.29) is 23.1 Å². The van der Waals surface area contributed by atoms with Crippen molar-refractivity contribution in [2.45, 2.75) is 27.2 Å². The van der Waals surface area contributed by atoms with Gasteiger partial charge in [0.25, 0.3) is 0 Å². The van der Waals surface area contributed by atoms with Crippen molar-refractivity contribution < 1.29 is 9.59 Å². The monoisotopic (exact) mass is 155 g/mol. The molecule has 0 saturated carbocycles. The fourth-order valence-electron chi connectivity index (χ4n) is 1.25. The van der Waals surface area contributed by atoms with Crippen LogP contribution in [0.25, 0.3) is 0 Å². The van der Waals surface area contributed by atoms with Crippen molar-refractivity contribution in [1.82, 2.24) is 5.32 Å². The van der Waals surface area contributed by atoms with Crippen LogP contribution in [0, 0.1) is 11.3 Å². The summed E-state index contributed by atoms with van der Waals surface area (Å²) in [7, 11) is 0. The number of amides is 2. The van der Waals surface area contributed by atoms with Gasteiger partial charge in [0.1, 0.15) is 0 Å². The molecule has 0 bridgehead atoms. The van der Waals surface area contributed by atoms with Crippen molar-refractivity contribution in [3.63, 3.8) is 0 Å². The molecule has 0 unspecified atom stereocenters. The number of imide groups is 1. The third kappa shape index (κ3) is 1.59. The van der Waals surface area contributed by atoms with Crippen molar-refractivity contribution in [1.29, 1.82) is 0 Å². The zero-order chi connectivity index (χ0) is 8.65. The Morgan fingerprint density at radius 3 is 2.09 bits per heavy atom. The highest BCUT2D eigenvalue weighted by Crippen LogP contribution is 2.31. The Hall–Kier alpha value is -0.860. The Kier molecular flexibility index (Phi) is 1.74. The van der Waals surface area contributed by atoms with E-state index in [1.165, 1.54) is 0 Å². The highest BCUT2D eigenvalue weighted by atomic mass is 16.2. The summed E-state index contributed by atoms with van der Waals surface area (Å²) in [6.07, 6.45) is 0.350. The largest absolute Gasteiger partial charge is 0.296 e. The van der Waals surface area contributed by atoms with Gasteiger partial charge in [-0.15, -0.1) is 0 Å². The minimum Gasteiger partial charge on any atom is -0.296 e. The number of hydrogen-bond donors (Lipinski definition) is 1. The average molecular weight is 155 g/mol. The molecule has 3 heteroatoms. The molecule has 1 heterocycles. The standard InChI is InChI=1S/C8H13NO2/c1-8(2,3)5-4-6(10)9-7(5)11/h5H,4H2,1-3H3,(H,9,10,11)/t5-/m0/s1. The lowest BCUT2D eigenvalue weighted by Crippen LogP contribution is -2.29. The van der Waals surface area contributed by atoms with Crippen LogP contribution in [0.5, 0.6) is 0 Å². The molecule has 11 heavy (non-hydrogen) atoms. The molecule has 3 nitrogen and oxygen atoms in total. The molecular weight excluding hydrogens is 142 g/mol. The summed E-state index contributed by atoms with van der Waals surface area (Å²) in [4.78, 5) is 21.9. The molecule has 62 valence electrons. The first-order valence-electron chi connectivity index (χ1n) is 3.75. The Labute approximate surface area is 66.2 Å². The molecule has 0 aromatic heterocycles. The maximum atomic E-state index is 11.1. The molecule has 0 aromatic carbocycles. The average Bonchev–Trinajstić information content (AvgIpc) is 2.08. The van der Waals surface area contributed by atoms with Crippen molar-refractivity contribution in [2.75, 3.05) is 0 Å². The van der Waals surface area contributed by atoms with Gasteiger partial charge in [-0.25, -0.2) is 0 Å². The Morgan fingerprint density at radius 1 is 1.36 bits per heavy atom. The van der Waals surface area contributed by atoms with Gasteiger partial charge < -0.3 is 0 Å². The van der Waals surface area contributed by atoms with Crippen molar-refractivity contribution in [2.24, 2.45) is 11.3 Å². The van der Waals surface area contributed by atoms with Crippen LogP contribution in [-0.2, 0) is 9.59 Å². The molecule has 1 aliphatic rings. The fourth-order valence-corrected chi connectivity index (χ4v) is 1.25. The second-order valence-electron chi connectivity index (χ2n) is 4.04. The van der Waals surface area contributed by atoms with Crippen molar-refractivity contribution >= 4 is 11.8 Å². The van der Waals surface area contributed by atoms with Gasteiger partial charge in [-0.05, 0) is 5.41 Å². The lowest BCUT2D eigenvalue weighted by molar-refractivity contribution is -0.127. The number of carbonyl (C=O) groups is 2. The van der Waals surface area contributed by atoms with Gasteiger partial charge >= 0.3 is 0 Å². The van der Waals surface area contributed by atoms with E-state index in [1.807, 2.05) is 20.8 Å². The Balaban J connectivity index is 2.76. The van der Waals surface area contributed by atoms with E-state index >= 15 is 0 Å². The van der Waals surface area contributed by atoms with Gasteiger partial charge in [0.05, 0.1) is 5.92 Å². The number of hydrogen-bond acceptors (Lipinski definition) is 2. The molecule has 0 aliphatic carbocycles. The lowest BCUT2D eigenvalue weighted by atomic mass is 9.80. The van der Waals surface area contributed by atoms with Crippen molar-refractivity contribution in [3.05, 3.63) is 0 Å². The number of carbonyl (C=O) groups excluding carboxylic acids is 2. The molecule has 2 amide bonds. The van der Waals surface area contributed by atoms with Gasteiger partial charge in [-0.2, -0.15) is 0 Å². The molecular formula is C8H13NO2. The molecule has 1 fully saturated rings. The third-order valence-corrected chi connectivity index (χ3v) is 2.01. The van der Waals surface area contributed by atoms with E-state index in [1.54, 1.807) is 0 Å². The zero-order valence-electron chi connectivity index (χ0n) is 7.10. The maximum Gasteiger partial charge on any atom is 0.230 e. The van der Waals surface area contributed by atoms with E-state index in [2.05, 4.69) is 5.32 Å². The van der Waals surface area contributed by atoms with E-state index in [0.717, 1.165) is 0 Å². The van der Waals surface area contributed by atoms with Crippen LogP contribution in [0.2, 0.25) is 0 Å². The van der Waals surface area contributed by atoms with Gasteiger partial charge in [-0.3, -0.25) is 14.9 Å². The van der Waals surface area contributed by atoms with E-state index in [9.17, 15) is 9.59 Å². The highest BCUT2D eigenvalue weighted by Gasteiger charge is 2.38. The lowest BCUT2D eigenvalue weighted by Gasteiger charge is -2.22. The Bertz CT molecular complexity index is 203. The van der Waals surface area contributed by atoms with E-state index in [0.29, 0.717) is 6.42 Å². The van der Waals surface area contributed by atoms with Gasteiger partial charge in [0.2, 0.25) is 11.8 Å². The number of nitrogens with one attached hydrogen (secondary N) is 1. The molecule has 1 aliphatic heterocycles. The molecule has 1 saturated heterocycles. The highest BCUT2D eigenvalue weighted by molar-refractivity contribution is 6.03. The zero-order valence-corrected chi connectivity index (χ0v) is 7.10. The minimum atomic E-state index is -0.144. The Morgan fingerprint density at radius 2 is 1.91 bits per heavy atom. The van der Waals surface area contributed by atoms with Gasteiger partial charge in [-0.1, -0.05) is 20.8 Å². The van der Waals surface area contributed by atoms with E-state index in [4.69, 9.17) is 0 Å². The van der Waals surface area contributed by atoms with Crippen LogP contribution in [0.4, 0.5) is 0 Å². The fraction of sp³-hybridized carbons (Fsp3) is 0.750. The molecule has 1 N–H and O–H groups in total. The van der Waals surface area contributed by atoms with Gasteiger partial charge in [0, 0.05) is 6.42 Å². The van der Waals surface area contributed by atoms with Crippen LogP contribution >= 0.6 is 0 Å². The maximum absolute atomic E-state index is 11.1. The van der Waals surface area contributed by atoms with Crippen LogP contribution in [-0.4, -0.2) is 11.8 Å². The molecule has 1 rings (SSSR count). The first-order valence-corrected chi connectivity index (χ1v) is 3.75. The second kappa shape index (κ2) is 2.32. The summed E-state index contributed by atoms with van der Waals surface area (Å²) >= 11 is 0. The quantitative estimate of drug-likeness (QED) is 0.523. The summed E-state index contributed by atoms with van der Waals surface area (Å²) in [6.45, 7) is 5.90. The second-order valence-corrected chi connectivity index (χ2v) is 4.04. The van der Waals surface area contributed by atoms with Crippen LogP contribution in [0.1, 0.15) is 27.2 Å². The summed E-state index contributed by atoms with van der Waals surface area (Å²) in [5, 5.41) is 2.30. The van der Waals surface area contributed by atoms with Gasteiger partial charge in [0.15, 0.2) is 0 Å². The van der Waals surface area contributed by atoms with Crippen LogP contribution in [0.15, 0.2) is 0 Å². The predicted molar refractivity (Wildman–Crippen MR) is 40.7 cm³/mol. The summed E-state index contributed by atoms with van der Waals surface area (Å²) in [5.74, 6) is -0.410. The van der Waals surface area contributed by atoms with Crippen LogP contribution < -0.4 is 5.32 Å².